The van der Waals surface area contributed by atoms with E-state index in [0.717, 1.165) is 49.4 Å². The maximum Gasteiger partial charge on any atom is 2.00 e. The Balaban J connectivity index is 0.000000387. The van der Waals surface area contributed by atoms with Crippen molar-refractivity contribution >= 4 is 58.0 Å². The van der Waals surface area contributed by atoms with Gasteiger partial charge in [-0.1, -0.05) is 134 Å². The molecule has 0 amide bonds. The molecule has 4 aromatic rings. The number of aromatic hydroxyl groups is 1. The van der Waals surface area contributed by atoms with Crippen LogP contribution in [0, 0.1) is 0 Å². The predicted octanol–water partition coefficient (Wildman–Crippen LogP) is 10.9. The van der Waals surface area contributed by atoms with E-state index in [1.165, 1.54) is 114 Å². The van der Waals surface area contributed by atoms with Crippen molar-refractivity contribution in [1.82, 2.24) is 0 Å². The Labute approximate surface area is 370 Å². The molecule has 0 aliphatic heterocycles. The molecular formula is C44H58CaO10S2. The Morgan fingerprint density at radius 3 is 1.30 bits per heavy atom. The largest absolute Gasteiger partial charge is 2.00 e. The molecule has 4 aromatic carbocycles. The van der Waals surface area contributed by atoms with Gasteiger partial charge in [-0.15, -0.1) is 0 Å². The molecule has 2 N–H and O–H groups in total. The number of phenolic OH excluding ortho intramolecular Hbond substituents is 1. The molecule has 0 heterocycles. The van der Waals surface area contributed by atoms with E-state index in [4.69, 9.17) is 14.0 Å². The zero-order valence-corrected chi connectivity index (χ0v) is 37.3. The summed E-state index contributed by atoms with van der Waals surface area (Å²) in [4.78, 5) is -1.30. The molecule has 0 saturated carbocycles. The standard InChI is InChI=1S/2C22H30O5S.Ca/c2*1-2-3-4-5-6-7-8-9-11-18-12-10-13-19(16-18)27-20-14-15-22(21(23)17-20)28(24,25)26;/h2*10,12-17,23H,2-9,11H2,1H3,(H,24,25,26);/q;;+2/p-2. The van der Waals surface area contributed by atoms with E-state index in [2.05, 4.69) is 19.9 Å². The summed E-state index contributed by atoms with van der Waals surface area (Å²) in [6.45, 7) is 4.46. The van der Waals surface area contributed by atoms with E-state index < -0.39 is 41.5 Å². The Kier molecular flexibility index (Phi) is 23.8. The van der Waals surface area contributed by atoms with E-state index in [0.29, 0.717) is 17.2 Å². The van der Waals surface area contributed by atoms with Gasteiger partial charge in [-0.2, -0.15) is 8.42 Å². The molecular weight excluding hydrogens is 793 g/mol. The van der Waals surface area contributed by atoms with Crippen LogP contribution < -0.4 is 14.6 Å². The zero-order chi connectivity index (χ0) is 40.8. The monoisotopic (exact) mass is 850 g/mol. The van der Waals surface area contributed by atoms with Crippen molar-refractivity contribution in [2.75, 3.05) is 0 Å². The van der Waals surface area contributed by atoms with Crippen LogP contribution in [0.15, 0.2) is 94.7 Å². The number of unbranched alkanes of at least 4 members (excludes halogenated alkanes) is 14. The van der Waals surface area contributed by atoms with Crippen molar-refractivity contribution in [3.63, 3.8) is 0 Å². The molecule has 0 bridgehead atoms. The molecule has 0 unspecified atom stereocenters. The van der Waals surface area contributed by atoms with Crippen LogP contribution in [0.1, 0.15) is 128 Å². The zero-order valence-electron chi connectivity index (χ0n) is 33.5. The van der Waals surface area contributed by atoms with E-state index in [1.807, 2.05) is 36.4 Å². The maximum atomic E-state index is 11.8. The van der Waals surface area contributed by atoms with Gasteiger partial charge < -0.3 is 24.2 Å². The van der Waals surface area contributed by atoms with Crippen LogP contribution in [0.2, 0.25) is 0 Å². The number of aryl methyl sites for hydroxylation is 2. The molecule has 10 nitrogen and oxygen atoms in total. The van der Waals surface area contributed by atoms with Crippen molar-refractivity contribution in [2.24, 2.45) is 0 Å². The Hall–Kier alpha value is -2.84. The fraction of sp³-hybridized carbons (Fsp3) is 0.455. The third kappa shape index (κ3) is 20.1. The molecule has 0 fully saturated rings. The summed E-state index contributed by atoms with van der Waals surface area (Å²) in [6.07, 6.45) is 22.4. The van der Waals surface area contributed by atoms with Crippen molar-refractivity contribution < 1.29 is 45.6 Å². The summed E-state index contributed by atoms with van der Waals surface area (Å²) in [5.74, 6) is 0.304. The minimum Gasteiger partial charge on any atom is -0.872 e. The Morgan fingerprint density at radius 1 is 0.526 bits per heavy atom. The van der Waals surface area contributed by atoms with Crippen molar-refractivity contribution in [3.05, 3.63) is 96.1 Å². The molecule has 0 aromatic heterocycles. The number of hydrogen-bond donors (Lipinski definition) is 2. The molecule has 13 heteroatoms. The van der Waals surface area contributed by atoms with Gasteiger partial charge >= 0.3 is 37.7 Å². The van der Waals surface area contributed by atoms with Gasteiger partial charge in [0.15, 0.2) is 0 Å². The van der Waals surface area contributed by atoms with Crippen LogP contribution >= 0.6 is 0 Å². The van der Waals surface area contributed by atoms with E-state index in [9.17, 15) is 31.6 Å². The number of rotatable bonds is 24. The van der Waals surface area contributed by atoms with Gasteiger partial charge in [0, 0.05) is 11.0 Å². The number of benzene rings is 4. The fourth-order valence-electron chi connectivity index (χ4n) is 6.26. The maximum absolute atomic E-state index is 11.8. The molecule has 57 heavy (non-hydrogen) atoms. The van der Waals surface area contributed by atoms with Crippen LogP contribution in [-0.4, -0.2) is 68.8 Å². The second-order valence-corrected chi connectivity index (χ2v) is 16.9. The Bertz CT molecular complexity index is 1840. The van der Waals surface area contributed by atoms with Crippen LogP contribution in [-0.2, 0) is 33.1 Å². The van der Waals surface area contributed by atoms with Crippen molar-refractivity contribution in [3.8, 4) is 34.5 Å². The van der Waals surface area contributed by atoms with Crippen LogP contribution in [0.25, 0.3) is 0 Å². The topological polar surface area (TPSA) is 173 Å². The molecule has 4 rings (SSSR count). The first-order valence-electron chi connectivity index (χ1n) is 19.9. The molecule has 0 aliphatic carbocycles. The first-order valence-corrected chi connectivity index (χ1v) is 22.8. The second kappa shape index (κ2) is 27.0. The van der Waals surface area contributed by atoms with Crippen LogP contribution in [0.5, 0.6) is 34.5 Å². The SMILES string of the molecule is CCCCCCCCCCc1cccc(Oc2ccc(S(=O)(=O)O)c(O)c2)c1.CCCCCCCCCCc1cccc(Oc2ccc(S(=O)(=O)[O-])c([O-])c2)c1.[Ca+2]. The molecule has 0 saturated heterocycles. The molecule has 0 radical (unpaired) electrons. The predicted molar refractivity (Wildman–Crippen MR) is 223 cm³/mol. The third-order valence-corrected chi connectivity index (χ3v) is 11.1. The van der Waals surface area contributed by atoms with Gasteiger partial charge in [0.2, 0.25) is 0 Å². The van der Waals surface area contributed by atoms with Gasteiger partial charge in [-0.25, -0.2) is 8.42 Å². The minimum absolute atomic E-state index is 0. The van der Waals surface area contributed by atoms with Gasteiger partial charge in [0.1, 0.15) is 43.8 Å². The molecule has 0 spiro atoms. The Morgan fingerprint density at radius 2 is 0.912 bits per heavy atom. The van der Waals surface area contributed by atoms with E-state index in [1.54, 1.807) is 6.07 Å². The summed E-state index contributed by atoms with van der Waals surface area (Å²) in [6, 6.07) is 22.4. The molecule has 0 atom stereocenters. The van der Waals surface area contributed by atoms with Gasteiger partial charge in [0.25, 0.3) is 10.1 Å². The average molecular weight is 851 g/mol. The third-order valence-electron chi connectivity index (χ3n) is 9.30. The smallest absolute Gasteiger partial charge is 0.872 e. The normalized spacial score (nSPS) is 11.3. The first kappa shape index (κ1) is 50.3. The van der Waals surface area contributed by atoms with Gasteiger partial charge in [0.05, 0.1) is 0 Å². The van der Waals surface area contributed by atoms with Gasteiger partial charge in [-0.3, -0.25) is 4.55 Å². The number of hydrogen-bond acceptors (Lipinski definition) is 9. The van der Waals surface area contributed by atoms with Gasteiger partial charge in [-0.05, 0) is 91.4 Å². The number of ether oxygens (including phenoxy) is 2. The summed E-state index contributed by atoms with van der Waals surface area (Å²) in [5.41, 5.74) is 2.34. The molecule has 0 aliphatic rings. The summed E-state index contributed by atoms with van der Waals surface area (Å²) < 4.78 is 75.6. The summed E-state index contributed by atoms with van der Waals surface area (Å²) >= 11 is 0. The van der Waals surface area contributed by atoms with Crippen molar-refractivity contribution in [2.45, 2.75) is 139 Å². The number of phenols is 1. The average Bonchev–Trinajstić information content (AvgIpc) is 3.13. The second-order valence-electron chi connectivity index (χ2n) is 14.1. The molecule has 308 valence electrons. The van der Waals surface area contributed by atoms with Crippen molar-refractivity contribution in [1.29, 1.82) is 0 Å². The van der Waals surface area contributed by atoms with Crippen LogP contribution in [0.4, 0.5) is 0 Å². The van der Waals surface area contributed by atoms with Crippen LogP contribution in [0.3, 0.4) is 0 Å². The first-order chi connectivity index (χ1) is 26.8. The summed E-state index contributed by atoms with van der Waals surface area (Å²) in [7, 11) is -9.23. The summed E-state index contributed by atoms with van der Waals surface area (Å²) in [5, 5.41) is 21.5. The quantitative estimate of drug-likeness (QED) is 0.0392. The van der Waals surface area contributed by atoms with E-state index >= 15 is 0 Å². The minimum atomic E-state index is -4.77. The van der Waals surface area contributed by atoms with E-state index in [-0.39, 0.29) is 43.5 Å². The fourth-order valence-corrected chi connectivity index (χ4v) is 7.37.